The molecule has 0 atom stereocenters. The van der Waals surface area contributed by atoms with Gasteiger partial charge in [0.05, 0.1) is 17.6 Å². The van der Waals surface area contributed by atoms with E-state index in [1.807, 2.05) is 7.05 Å². The number of carbonyl (C=O) groups is 1. The molecule has 8 heteroatoms. The fraction of sp³-hybridized carbons (Fsp3) is 0.316. The van der Waals surface area contributed by atoms with Crippen LogP contribution in [-0.4, -0.2) is 69.0 Å². The molecule has 1 heterocycles. The molecule has 1 aliphatic heterocycles. The van der Waals surface area contributed by atoms with Gasteiger partial charge in [-0.2, -0.15) is 4.31 Å². The van der Waals surface area contributed by atoms with Crippen LogP contribution in [0.15, 0.2) is 47.4 Å². The van der Waals surface area contributed by atoms with Gasteiger partial charge in [-0.25, -0.2) is 13.2 Å². The lowest BCUT2D eigenvalue weighted by Crippen LogP contribution is -2.47. The third kappa shape index (κ3) is 4.13. The summed E-state index contributed by atoms with van der Waals surface area (Å²) < 4.78 is 32.6. The maximum Gasteiger partial charge on any atom is 0.335 e. The number of rotatable bonds is 5. The molecule has 144 valence electrons. The SMILES string of the molecule is COc1ccc(-c2cc(C(=O)O)cc(S(=O)(=O)N3CCN(C)CC3)c2)cc1. The van der Waals surface area contributed by atoms with Crippen molar-refractivity contribution in [3.05, 3.63) is 48.0 Å². The molecular formula is C19H22N2O5S. The van der Waals surface area contributed by atoms with Gasteiger partial charge in [0.1, 0.15) is 5.75 Å². The maximum atomic E-state index is 13.0. The molecule has 3 rings (SSSR count). The minimum Gasteiger partial charge on any atom is -0.497 e. The largest absolute Gasteiger partial charge is 0.497 e. The molecule has 1 fully saturated rings. The molecule has 0 saturated carbocycles. The van der Waals surface area contributed by atoms with Gasteiger partial charge >= 0.3 is 5.97 Å². The Morgan fingerprint density at radius 2 is 1.63 bits per heavy atom. The van der Waals surface area contributed by atoms with Gasteiger partial charge < -0.3 is 14.7 Å². The molecule has 27 heavy (non-hydrogen) atoms. The zero-order chi connectivity index (χ0) is 19.6. The van der Waals surface area contributed by atoms with E-state index in [1.54, 1.807) is 31.4 Å². The van der Waals surface area contributed by atoms with E-state index < -0.39 is 16.0 Å². The second-order valence-electron chi connectivity index (χ2n) is 6.49. The molecule has 2 aromatic rings. The summed E-state index contributed by atoms with van der Waals surface area (Å²) in [4.78, 5) is 13.6. The Balaban J connectivity index is 2.04. The van der Waals surface area contributed by atoms with Gasteiger partial charge in [0.15, 0.2) is 0 Å². The molecule has 0 amide bonds. The average Bonchev–Trinajstić information content (AvgIpc) is 2.68. The summed E-state index contributed by atoms with van der Waals surface area (Å²) in [5.41, 5.74) is 1.19. The maximum absolute atomic E-state index is 13.0. The third-order valence-electron chi connectivity index (χ3n) is 4.68. The topological polar surface area (TPSA) is 87.1 Å². The zero-order valence-corrected chi connectivity index (χ0v) is 16.1. The zero-order valence-electron chi connectivity index (χ0n) is 15.3. The van der Waals surface area contributed by atoms with Crippen molar-refractivity contribution in [3.63, 3.8) is 0 Å². The van der Waals surface area contributed by atoms with E-state index in [4.69, 9.17) is 4.74 Å². The number of ether oxygens (including phenoxy) is 1. The number of hydrogen-bond acceptors (Lipinski definition) is 5. The molecular weight excluding hydrogens is 368 g/mol. The summed E-state index contributed by atoms with van der Waals surface area (Å²) >= 11 is 0. The third-order valence-corrected chi connectivity index (χ3v) is 6.55. The molecule has 1 aliphatic rings. The molecule has 1 saturated heterocycles. The fourth-order valence-corrected chi connectivity index (χ4v) is 4.49. The number of likely N-dealkylation sites (N-methyl/N-ethyl adjacent to an activating group) is 1. The number of piperazine rings is 1. The highest BCUT2D eigenvalue weighted by molar-refractivity contribution is 7.89. The first-order chi connectivity index (χ1) is 12.8. The van der Waals surface area contributed by atoms with Crippen molar-refractivity contribution in [2.75, 3.05) is 40.3 Å². The van der Waals surface area contributed by atoms with Crippen LogP contribution in [0.25, 0.3) is 11.1 Å². The van der Waals surface area contributed by atoms with Gasteiger partial charge in [-0.3, -0.25) is 0 Å². The lowest BCUT2D eigenvalue weighted by molar-refractivity contribution is 0.0696. The summed E-state index contributed by atoms with van der Waals surface area (Å²) in [5.74, 6) is -0.501. The van der Waals surface area contributed by atoms with Crippen LogP contribution < -0.4 is 4.74 Å². The van der Waals surface area contributed by atoms with Gasteiger partial charge in [-0.05, 0) is 48.5 Å². The van der Waals surface area contributed by atoms with Gasteiger partial charge in [0.25, 0.3) is 0 Å². The molecule has 0 bridgehead atoms. The summed E-state index contributed by atoms with van der Waals surface area (Å²) in [7, 11) is -0.269. The minimum atomic E-state index is -3.77. The average molecular weight is 390 g/mol. The lowest BCUT2D eigenvalue weighted by atomic mass is 10.0. The van der Waals surface area contributed by atoms with E-state index in [0.29, 0.717) is 43.1 Å². The van der Waals surface area contributed by atoms with Crippen LogP contribution in [0, 0.1) is 0 Å². The van der Waals surface area contributed by atoms with E-state index in [1.165, 1.54) is 22.5 Å². The molecule has 0 aliphatic carbocycles. The van der Waals surface area contributed by atoms with E-state index in [9.17, 15) is 18.3 Å². The minimum absolute atomic E-state index is 0.00206. The quantitative estimate of drug-likeness (QED) is 0.840. The van der Waals surface area contributed by atoms with Crippen LogP contribution in [0.3, 0.4) is 0 Å². The Labute approximate surface area is 158 Å². The number of carboxylic acid groups (broad SMARTS) is 1. The van der Waals surface area contributed by atoms with Crippen molar-refractivity contribution in [1.29, 1.82) is 0 Å². The highest BCUT2D eigenvalue weighted by atomic mass is 32.2. The summed E-state index contributed by atoms with van der Waals surface area (Å²) in [5, 5.41) is 9.44. The Bertz CT molecular complexity index is 933. The van der Waals surface area contributed by atoms with Gasteiger partial charge in [-0.15, -0.1) is 0 Å². The van der Waals surface area contributed by atoms with Crippen molar-refractivity contribution < 1.29 is 23.1 Å². The number of aromatic carboxylic acids is 1. The van der Waals surface area contributed by atoms with Crippen LogP contribution in [0.2, 0.25) is 0 Å². The molecule has 0 spiro atoms. The normalized spacial score (nSPS) is 16.2. The Kier molecular flexibility index (Phi) is 5.50. The van der Waals surface area contributed by atoms with Gasteiger partial charge in [0, 0.05) is 26.2 Å². The molecule has 0 unspecified atom stereocenters. The predicted molar refractivity (Wildman–Crippen MR) is 102 cm³/mol. The van der Waals surface area contributed by atoms with E-state index in [2.05, 4.69) is 4.90 Å². The second kappa shape index (κ2) is 7.67. The summed E-state index contributed by atoms with van der Waals surface area (Å²) in [6.07, 6.45) is 0. The van der Waals surface area contributed by atoms with Crippen molar-refractivity contribution in [2.45, 2.75) is 4.90 Å². The standard InChI is InChI=1S/C19H22N2O5S/c1-20-7-9-21(10-8-20)27(24,25)18-12-15(11-16(13-18)19(22)23)14-3-5-17(26-2)6-4-14/h3-6,11-13H,7-10H2,1-2H3,(H,22,23). The number of sulfonamides is 1. The van der Waals surface area contributed by atoms with Crippen molar-refractivity contribution in [3.8, 4) is 16.9 Å². The van der Waals surface area contributed by atoms with Crippen LogP contribution in [0.5, 0.6) is 5.75 Å². The Morgan fingerprint density at radius 3 is 2.19 bits per heavy atom. The number of hydrogen-bond donors (Lipinski definition) is 1. The van der Waals surface area contributed by atoms with Crippen LogP contribution >= 0.6 is 0 Å². The summed E-state index contributed by atoms with van der Waals surface area (Å²) in [6.45, 7) is 2.05. The Morgan fingerprint density at radius 1 is 1.00 bits per heavy atom. The van der Waals surface area contributed by atoms with Crippen molar-refractivity contribution in [2.24, 2.45) is 0 Å². The fourth-order valence-electron chi connectivity index (χ4n) is 3.00. The highest BCUT2D eigenvalue weighted by Gasteiger charge is 2.28. The predicted octanol–water partition coefficient (Wildman–Crippen LogP) is 2.00. The molecule has 0 radical (unpaired) electrons. The number of methoxy groups -OCH3 is 1. The number of nitrogens with zero attached hydrogens (tertiary/aromatic N) is 2. The number of carboxylic acids is 1. The van der Waals surface area contributed by atoms with E-state index in [-0.39, 0.29) is 10.5 Å². The smallest absolute Gasteiger partial charge is 0.335 e. The number of benzene rings is 2. The van der Waals surface area contributed by atoms with E-state index >= 15 is 0 Å². The molecule has 2 aromatic carbocycles. The summed E-state index contributed by atoms with van der Waals surface area (Å²) in [6, 6.07) is 11.3. The monoisotopic (exact) mass is 390 g/mol. The van der Waals surface area contributed by atoms with E-state index in [0.717, 1.165) is 0 Å². The van der Waals surface area contributed by atoms with Gasteiger partial charge in [0.2, 0.25) is 10.0 Å². The van der Waals surface area contributed by atoms with Crippen LogP contribution in [0.4, 0.5) is 0 Å². The highest BCUT2D eigenvalue weighted by Crippen LogP contribution is 2.28. The first-order valence-corrected chi connectivity index (χ1v) is 9.97. The molecule has 7 nitrogen and oxygen atoms in total. The molecule has 0 aromatic heterocycles. The van der Waals surface area contributed by atoms with Crippen molar-refractivity contribution in [1.82, 2.24) is 9.21 Å². The Hall–Kier alpha value is -2.42. The first-order valence-electron chi connectivity index (χ1n) is 8.53. The first kappa shape index (κ1) is 19.3. The van der Waals surface area contributed by atoms with Crippen LogP contribution in [0.1, 0.15) is 10.4 Å². The lowest BCUT2D eigenvalue weighted by Gasteiger charge is -2.31. The van der Waals surface area contributed by atoms with Crippen molar-refractivity contribution >= 4 is 16.0 Å². The molecule has 1 N–H and O–H groups in total. The van der Waals surface area contributed by atoms with Gasteiger partial charge in [-0.1, -0.05) is 12.1 Å². The van der Waals surface area contributed by atoms with Crippen LogP contribution in [-0.2, 0) is 10.0 Å². The second-order valence-corrected chi connectivity index (χ2v) is 8.43.